The molecule has 0 radical (unpaired) electrons. The second-order valence-electron chi connectivity index (χ2n) is 4.00. The Balaban J connectivity index is 2.59. The van der Waals surface area contributed by atoms with E-state index in [1.165, 1.54) is 7.11 Å². The van der Waals surface area contributed by atoms with Crippen LogP contribution in [0.2, 0.25) is 10.0 Å². The number of carbonyl (C=O) groups is 1. The van der Waals surface area contributed by atoms with Crippen LogP contribution in [0.1, 0.15) is 0 Å². The number of benzene rings is 2. The highest BCUT2D eigenvalue weighted by Gasteiger charge is 2.11. The predicted octanol–water partition coefficient (Wildman–Crippen LogP) is 4.76. The van der Waals surface area contributed by atoms with Crippen LogP contribution in [0, 0.1) is 0 Å². The topological polar surface area (TPSA) is 58.6 Å². The minimum Gasteiger partial charge on any atom is -0.497 e. The molecule has 0 fully saturated rings. The Bertz CT molecular complexity index is 639. The normalized spacial score (nSPS) is 10.2. The van der Waals surface area contributed by atoms with Gasteiger partial charge in [-0.1, -0.05) is 23.2 Å². The molecule has 2 aromatic rings. The average molecular weight is 312 g/mol. The highest BCUT2D eigenvalue weighted by molar-refractivity contribution is 6.35. The molecule has 2 N–H and O–H groups in total. The van der Waals surface area contributed by atoms with Crippen molar-refractivity contribution in [3.63, 3.8) is 0 Å². The van der Waals surface area contributed by atoms with Crippen LogP contribution in [0.4, 0.5) is 10.5 Å². The molecule has 1 amide bonds. The molecule has 0 bridgehead atoms. The SMILES string of the molecule is COc1ccc(NC(=O)O)c(-c2cc(Cl)cc(Cl)c2)c1. The van der Waals surface area contributed by atoms with Gasteiger partial charge in [0.2, 0.25) is 0 Å². The van der Waals surface area contributed by atoms with Gasteiger partial charge in [0.25, 0.3) is 0 Å². The zero-order valence-electron chi connectivity index (χ0n) is 10.5. The van der Waals surface area contributed by atoms with Gasteiger partial charge in [0.1, 0.15) is 5.75 Å². The minimum absolute atomic E-state index is 0.427. The van der Waals surface area contributed by atoms with E-state index in [1.54, 1.807) is 36.4 Å². The van der Waals surface area contributed by atoms with E-state index in [0.717, 1.165) is 0 Å². The van der Waals surface area contributed by atoms with E-state index >= 15 is 0 Å². The Hall–Kier alpha value is -1.91. The Morgan fingerprint density at radius 1 is 1.15 bits per heavy atom. The largest absolute Gasteiger partial charge is 0.497 e. The number of rotatable bonds is 3. The molecular formula is C14H11Cl2NO3. The quantitative estimate of drug-likeness (QED) is 0.859. The highest BCUT2D eigenvalue weighted by atomic mass is 35.5. The van der Waals surface area contributed by atoms with Crippen molar-refractivity contribution in [3.8, 4) is 16.9 Å². The van der Waals surface area contributed by atoms with E-state index in [9.17, 15) is 4.79 Å². The van der Waals surface area contributed by atoms with Crippen LogP contribution < -0.4 is 10.1 Å². The zero-order chi connectivity index (χ0) is 14.7. The van der Waals surface area contributed by atoms with Crippen molar-refractivity contribution in [2.75, 3.05) is 12.4 Å². The molecule has 0 aliphatic rings. The first kappa shape index (κ1) is 14.5. The number of hydrogen-bond acceptors (Lipinski definition) is 2. The van der Waals surface area contributed by atoms with E-state index < -0.39 is 6.09 Å². The number of amides is 1. The number of halogens is 2. The van der Waals surface area contributed by atoms with E-state index in [1.807, 2.05) is 0 Å². The molecule has 0 atom stereocenters. The minimum atomic E-state index is -1.15. The molecule has 2 aromatic carbocycles. The average Bonchev–Trinajstić information content (AvgIpc) is 2.37. The third kappa shape index (κ3) is 3.35. The van der Waals surface area contributed by atoms with Gasteiger partial charge in [0, 0.05) is 15.6 Å². The number of ether oxygens (including phenoxy) is 1. The van der Waals surface area contributed by atoms with Crippen molar-refractivity contribution in [1.29, 1.82) is 0 Å². The molecule has 0 heterocycles. The molecule has 0 spiro atoms. The van der Waals surface area contributed by atoms with Gasteiger partial charge in [-0.15, -0.1) is 0 Å². The molecule has 20 heavy (non-hydrogen) atoms. The van der Waals surface area contributed by atoms with Gasteiger partial charge in [0.15, 0.2) is 0 Å². The van der Waals surface area contributed by atoms with Gasteiger partial charge in [-0.25, -0.2) is 4.79 Å². The molecule has 0 aliphatic heterocycles. The van der Waals surface area contributed by atoms with Crippen LogP contribution >= 0.6 is 23.2 Å². The van der Waals surface area contributed by atoms with Crippen molar-refractivity contribution >= 4 is 35.0 Å². The zero-order valence-corrected chi connectivity index (χ0v) is 12.0. The maximum absolute atomic E-state index is 10.8. The molecule has 104 valence electrons. The highest BCUT2D eigenvalue weighted by Crippen LogP contribution is 2.34. The molecule has 0 saturated heterocycles. The van der Waals surface area contributed by atoms with Crippen LogP contribution in [0.25, 0.3) is 11.1 Å². The molecule has 0 unspecified atom stereocenters. The lowest BCUT2D eigenvalue weighted by molar-refractivity contribution is 0.210. The first-order chi connectivity index (χ1) is 9.49. The van der Waals surface area contributed by atoms with Gasteiger partial charge >= 0.3 is 6.09 Å². The summed E-state index contributed by atoms with van der Waals surface area (Å²) in [4.78, 5) is 10.8. The summed E-state index contributed by atoms with van der Waals surface area (Å²) < 4.78 is 5.16. The standard InChI is InChI=1S/C14H11Cl2NO3/c1-20-11-2-3-13(17-14(18)19)12(7-11)8-4-9(15)6-10(16)5-8/h2-7,17H,1H3,(H,18,19). The first-order valence-corrected chi connectivity index (χ1v) is 6.39. The van der Waals surface area contributed by atoms with E-state index in [-0.39, 0.29) is 0 Å². The monoisotopic (exact) mass is 311 g/mol. The number of hydrogen-bond donors (Lipinski definition) is 2. The second kappa shape index (κ2) is 6.03. The molecule has 2 rings (SSSR count). The molecule has 4 nitrogen and oxygen atoms in total. The molecule has 0 aromatic heterocycles. The van der Waals surface area contributed by atoms with Crippen LogP contribution in [0.3, 0.4) is 0 Å². The lowest BCUT2D eigenvalue weighted by Crippen LogP contribution is -2.08. The fourth-order valence-corrected chi connectivity index (χ4v) is 2.35. The van der Waals surface area contributed by atoms with Crippen LogP contribution in [-0.2, 0) is 0 Å². The fraction of sp³-hybridized carbons (Fsp3) is 0.0714. The summed E-state index contributed by atoms with van der Waals surface area (Å²) >= 11 is 12.0. The third-order valence-electron chi connectivity index (χ3n) is 2.64. The van der Waals surface area contributed by atoms with Crippen LogP contribution in [-0.4, -0.2) is 18.3 Å². The summed E-state index contributed by atoms with van der Waals surface area (Å²) in [5.74, 6) is 0.604. The lowest BCUT2D eigenvalue weighted by Gasteiger charge is -2.12. The van der Waals surface area contributed by atoms with Crippen molar-refractivity contribution < 1.29 is 14.6 Å². The second-order valence-corrected chi connectivity index (χ2v) is 4.87. The Kier molecular flexibility index (Phi) is 4.37. The molecule has 0 saturated carbocycles. The number of nitrogens with one attached hydrogen (secondary N) is 1. The van der Waals surface area contributed by atoms with E-state index in [0.29, 0.717) is 32.6 Å². The molecule has 0 aliphatic carbocycles. The van der Waals surface area contributed by atoms with E-state index in [4.69, 9.17) is 33.0 Å². The van der Waals surface area contributed by atoms with E-state index in [2.05, 4.69) is 5.32 Å². The fourth-order valence-electron chi connectivity index (χ4n) is 1.82. The Labute approximate surface area is 125 Å². The van der Waals surface area contributed by atoms with Gasteiger partial charge in [-0.05, 0) is 42.0 Å². The first-order valence-electron chi connectivity index (χ1n) is 5.64. The van der Waals surface area contributed by atoms with Gasteiger partial charge < -0.3 is 9.84 Å². The van der Waals surface area contributed by atoms with Crippen molar-refractivity contribution in [1.82, 2.24) is 0 Å². The molecular weight excluding hydrogens is 301 g/mol. The summed E-state index contributed by atoms with van der Waals surface area (Å²) in [5, 5.41) is 12.2. The number of carboxylic acid groups (broad SMARTS) is 1. The Morgan fingerprint density at radius 3 is 2.35 bits per heavy atom. The third-order valence-corrected chi connectivity index (χ3v) is 3.08. The number of methoxy groups -OCH3 is 1. The smallest absolute Gasteiger partial charge is 0.409 e. The van der Waals surface area contributed by atoms with Gasteiger partial charge in [-0.2, -0.15) is 0 Å². The van der Waals surface area contributed by atoms with Gasteiger partial charge in [0.05, 0.1) is 12.8 Å². The lowest BCUT2D eigenvalue weighted by atomic mass is 10.0. The van der Waals surface area contributed by atoms with Crippen molar-refractivity contribution in [3.05, 3.63) is 46.4 Å². The summed E-state index contributed by atoms with van der Waals surface area (Å²) in [6.07, 6.45) is -1.15. The number of anilines is 1. The van der Waals surface area contributed by atoms with Crippen LogP contribution in [0.15, 0.2) is 36.4 Å². The predicted molar refractivity (Wildman–Crippen MR) is 80.1 cm³/mol. The Morgan fingerprint density at radius 2 is 1.80 bits per heavy atom. The molecule has 6 heteroatoms. The summed E-state index contributed by atoms with van der Waals surface area (Å²) in [6.45, 7) is 0. The van der Waals surface area contributed by atoms with Crippen molar-refractivity contribution in [2.45, 2.75) is 0 Å². The summed E-state index contributed by atoms with van der Waals surface area (Å²) in [7, 11) is 1.54. The van der Waals surface area contributed by atoms with Gasteiger partial charge in [-0.3, -0.25) is 5.32 Å². The maximum atomic E-state index is 10.8. The van der Waals surface area contributed by atoms with Crippen molar-refractivity contribution in [2.24, 2.45) is 0 Å². The summed E-state index contributed by atoms with van der Waals surface area (Å²) in [6, 6.07) is 10.0. The maximum Gasteiger partial charge on any atom is 0.409 e. The summed E-state index contributed by atoms with van der Waals surface area (Å²) in [5.41, 5.74) is 1.76. The van der Waals surface area contributed by atoms with Crippen LogP contribution in [0.5, 0.6) is 5.75 Å².